The van der Waals surface area contributed by atoms with Gasteiger partial charge in [0.05, 0.1) is 31.7 Å². The van der Waals surface area contributed by atoms with Gasteiger partial charge in [-0.1, -0.05) is 0 Å². The second-order valence-corrected chi connectivity index (χ2v) is 7.27. The molecule has 1 aromatic heterocycles. The predicted octanol–water partition coefficient (Wildman–Crippen LogP) is 1.37. The Hall–Kier alpha value is -1.37. The second kappa shape index (κ2) is 6.86. The van der Waals surface area contributed by atoms with Gasteiger partial charge in [0.2, 0.25) is 5.91 Å². The zero-order valence-electron chi connectivity index (χ0n) is 14.1. The van der Waals surface area contributed by atoms with E-state index in [1.54, 1.807) is 12.5 Å². The average Bonchev–Trinajstić information content (AvgIpc) is 3.24. The SMILES string of the molecule is O=C([C@@H]1CN(Cc2ccoc2)CC12CCOCC2)N1CCOCC1. The smallest absolute Gasteiger partial charge is 0.227 e. The van der Waals surface area contributed by atoms with Crippen LogP contribution in [0.5, 0.6) is 0 Å². The van der Waals surface area contributed by atoms with Crippen LogP contribution in [0.2, 0.25) is 0 Å². The molecule has 4 rings (SSSR count). The lowest BCUT2D eigenvalue weighted by molar-refractivity contribution is -0.144. The fourth-order valence-corrected chi connectivity index (χ4v) is 4.46. The molecule has 1 atom stereocenters. The van der Waals surface area contributed by atoms with Gasteiger partial charge in [-0.3, -0.25) is 9.69 Å². The minimum Gasteiger partial charge on any atom is -0.472 e. The Morgan fingerprint density at radius 1 is 1.17 bits per heavy atom. The predicted molar refractivity (Wildman–Crippen MR) is 87.4 cm³/mol. The quantitative estimate of drug-likeness (QED) is 0.836. The van der Waals surface area contributed by atoms with E-state index in [9.17, 15) is 4.79 Å². The molecule has 3 aliphatic heterocycles. The Morgan fingerprint density at radius 3 is 2.62 bits per heavy atom. The number of hydrogen-bond donors (Lipinski definition) is 0. The van der Waals surface area contributed by atoms with Crippen molar-refractivity contribution in [3.05, 3.63) is 24.2 Å². The molecular weight excluding hydrogens is 308 g/mol. The van der Waals surface area contributed by atoms with Gasteiger partial charge in [0.15, 0.2) is 0 Å². The van der Waals surface area contributed by atoms with Crippen molar-refractivity contribution < 1.29 is 18.7 Å². The summed E-state index contributed by atoms with van der Waals surface area (Å²) in [5.41, 5.74) is 1.24. The third kappa shape index (κ3) is 3.10. The van der Waals surface area contributed by atoms with Gasteiger partial charge in [0.1, 0.15) is 0 Å². The average molecular weight is 334 g/mol. The number of morpholine rings is 1. The molecule has 0 radical (unpaired) electrons. The van der Waals surface area contributed by atoms with Crippen LogP contribution in [0.3, 0.4) is 0 Å². The van der Waals surface area contributed by atoms with Crippen LogP contribution in [0.4, 0.5) is 0 Å². The molecule has 4 heterocycles. The fraction of sp³-hybridized carbons (Fsp3) is 0.722. The maximum atomic E-state index is 13.2. The first-order valence-electron chi connectivity index (χ1n) is 8.95. The van der Waals surface area contributed by atoms with Crippen LogP contribution in [-0.2, 0) is 20.8 Å². The summed E-state index contributed by atoms with van der Waals surface area (Å²) in [6.07, 6.45) is 5.48. The summed E-state index contributed by atoms with van der Waals surface area (Å²) in [4.78, 5) is 17.6. The largest absolute Gasteiger partial charge is 0.472 e. The van der Waals surface area contributed by atoms with Crippen molar-refractivity contribution in [1.29, 1.82) is 0 Å². The molecule has 6 heteroatoms. The molecule has 0 N–H and O–H groups in total. The molecule has 0 saturated carbocycles. The lowest BCUT2D eigenvalue weighted by atomic mass is 9.71. The lowest BCUT2D eigenvalue weighted by Gasteiger charge is -2.40. The van der Waals surface area contributed by atoms with Gasteiger partial charge in [-0.05, 0) is 18.9 Å². The summed E-state index contributed by atoms with van der Waals surface area (Å²) in [7, 11) is 0. The van der Waals surface area contributed by atoms with E-state index in [0.29, 0.717) is 19.1 Å². The van der Waals surface area contributed by atoms with E-state index in [0.717, 1.165) is 58.8 Å². The van der Waals surface area contributed by atoms with Crippen molar-refractivity contribution in [2.24, 2.45) is 11.3 Å². The van der Waals surface area contributed by atoms with E-state index < -0.39 is 0 Å². The van der Waals surface area contributed by atoms with Crippen molar-refractivity contribution in [3.63, 3.8) is 0 Å². The van der Waals surface area contributed by atoms with Crippen LogP contribution < -0.4 is 0 Å². The maximum absolute atomic E-state index is 13.2. The van der Waals surface area contributed by atoms with E-state index in [1.807, 2.05) is 11.0 Å². The topological polar surface area (TPSA) is 55.2 Å². The Morgan fingerprint density at radius 2 is 1.92 bits per heavy atom. The highest BCUT2D eigenvalue weighted by molar-refractivity contribution is 5.80. The van der Waals surface area contributed by atoms with Crippen molar-refractivity contribution in [3.8, 4) is 0 Å². The van der Waals surface area contributed by atoms with Crippen LogP contribution in [0, 0.1) is 11.3 Å². The molecule has 1 aromatic rings. The molecule has 132 valence electrons. The van der Waals surface area contributed by atoms with Gasteiger partial charge in [-0.15, -0.1) is 0 Å². The van der Waals surface area contributed by atoms with Crippen molar-refractivity contribution >= 4 is 5.91 Å². The number of likely N-dealkylation sites (tertiary alicyclic amines) is 1. The third-order valence-corrected chi connectivity index (χ3v) is 5.81. The number of ether oxygens (including phenoxy) is 2. The van der Waals surface area contributed by atoms with Crippen LogP contribution >= 0.6 is 0 Å². The highest BCUT2D eigenvalue weighted by Crippen LogP contribution is 2.45. The fourth-order valence-electron chi connectivity index (χ4n) is 4.46. The van der Waals surface area contributed by atoms with Crippen molar-refractivity contribution in [1.82, 2.24) is 9.80 Å². The first kappa shape index (κ1) is 16.1. The molecule has 3 aliphatic rings. The number of furan rings is 1. The van der Waals surface area contributed by atoms with Gasteiger partial charge < -0.3 is 18.8 Å². The highest BCUT2D eigenvalue weighted by Gasteiger charge is 2.51. The molecule has 0 aliphatic carbocycles. The Labute approximate surface area is 142 Å². The minimum absolute atomic E-state index is 0.0668. The summed E-state index contributed by atoms with van der Waals surface area (Å²) in [5.74, 6) is 0.390. The Kier molecular flexibility index (Phi) is 4.61. The Bertz CT molecular complexity index is 547. The molecule has 0 unspecified atom stereocenters. The standard InChI is InChI=1S/C18H26N2O4/c21-17(20-4-9-23-10-5-20)16-12-19(11-15-1-6-24-13-15)14-18(16)2-7-22-8-3-18/h1,6,13,16H,2-5,7-12,14H2/t16-/m0/s1. The summed E-state index contributed by atoms with van der Waals surface area (Å²) >= 11 is 0. The summed E-state index contributed by atoms with van der Waals surface area (Å²) in [5, 5.41) is 0. The van der Waals surface area contributed by atoms with Gasteiger partial charge >= 0.3 is 0 Å². The molecule has 0 aromatic carbocycles. The van der Waals surface area contributed by atoms with E-state index in [2.05, 4.69) is 4.90 Å². The number of hydrogen-bond acceptors (Lipinski definition) is 5. The first-order valence-corrected chi connectivity index (χ1v) is 8.95. The lowest BCUT2D eigenvalue weighted by Crippen LogP contribution is -2.49. The van der Waals surface area contributed by atoms with Crippen LogP contribution in [0.25, 0.3) is 0 Å². The summed E-state index contributed by atoms with van der Waals surface area (Å²) < 4.78 is 16.2. The van der Waals surface area contributed by atoms with E-state index in [4.69, 9.17) is 13.9 Å². The highest BCUT2D eigenvalue weighted by atomic mass is 16.5. The van der Waals surface area contributed by atoms with E-state index in [-0.39, 0.29) is 11.3 Å². The molecular formula is C18H26N2O4. The van der Waals surface area contributed by atoms with Gasteiger partial charge in [0, 0.05) is 56.9 Å². The minimum atomic E-state index is 0.0668. The normalized spacial score (nSPS) is 27.7. The van der Waals surface area contributed by atoms with Crippen LogP contribution in [0.1, 0.15) is 18.4 Å². The zero-order valence-corrected chi connectivity index (χ0v) is 14.1. The summed E-state index contributed by atoms with van der Waals surface area (Å²) in [6.45, 7) is 6.97. The van der Waals surface area contributed by atoms with Crippen molar-refractivity contribution in [2.75, 3.05) is 52.6 Å². The Balaban J connectivity index is 1.51. The van der Waals surface area contributed by atoms with E-state index in [1.165, 1.54) is 5.56 Å². The van der Waals surface area contributed by atoms with Gasteiger partial charge in [-0.2, -0.15) is 0 Å². The zero-order chi connectivity index (χ0) is 16.4. The molecule has 6 nitrogen and oxygen atoms in total. The first-order chi connectivity index (χ1) is 11.8. The number of carbonyl (C=O) groups excluding carboxylic acids is 1. The molecule has 3 fully saturated rings. The van der Waals surface area contributed by atoms with Crippen molar-refractivity contribution in [2.45, 2.75) is 19.4 Å². The molecule has 1 amide bonds. The van der Waals surface area contributed by atoms with E-state index >= 15 is 0 Å². The van der Waals surface area contributed by atoms with Gasteiger partial charge in [0.25, 0.3) is 0 Å². The second-order valence-electron chi connectivity index (χ2n) is 7.27. The molecule has 3 saturated heterocycles. The third-order valence-electron chi connectivity index (χ3n) is 5.81. The number of rotatable bonds is 3. The monoisotopic (exact) mass is 334 g/mol. The van der Waals surface area contributed by atoms with Crippen LogP contribution in [0.15, 0.2) is 23.0 Å². The number of nitrogens with zero attached hydrogens (tertiary/aromatic N) is 2. The molecule has 0 bridgehead atoms. The maximum Gasteiger partial charge on any atom is 0.227 e. The molecule has 24 heavy (non-hydrogen) atoms. The number of carbonyl (C=O) groups is 1. The number of amides is 1. The summed E-state index contributed by atoms with van der Waals surface area (Å²) in [6, 6.07) is 2.01. The van der Waals surface area contributed by atoms with Crippen LogP contribution in [-0.4, -0.2) is 68.3 Å². The molecule has 1 spiro atoms. The van der Waals surface area contributed by atoms with Gasteiger partial charge in [-0.25, -0.2) is 0 Å².